The maximum Gasteiger partial charge on any atom is 0.413 e. The van der Waals surface area contributed by atoms with E-state index in [0.717, 1.165) is 56.2 Å². The number of carboxylic acid groups (broad SMARTS) is 2. The van der Waals surface area contributed by atoms with Gasteiger partial charge in [0.25, 0.3) is 23.6 Å². The molecule has 0 saturated heterocycles. The fourth-order valence-corrected chi connectivity index (χ4v) is 15.5. The highest BCUT2D eigenvalue weighted by molar-refractivity contribution is 6.32. The van der Waals surface area contributed by atoms with Crippen molar-refractivity contribution in [2.24, 2.45) is 17.2 Å². The van der Waals surface area contributed by atoms with E-state index in [1.165, 1.54) is 75.5 Å². The Morgan fingerprint density at radius 3 is 0.938 bits per heavy atom. The molecule has 0 aliphatic carbocycles. The zero-order valence-electron chi connectivity index (χ0n) is 80.9. The summed E-state index contributed by atoms with van der Waals surface area (Å²) >= 11 is 23.7. The lowest BCUT2D eigenvalue weighted by Crippen LogP contribution is -2.28. The number of hydrogen-bond acceptors (Lipinski definition) is 26. The lowest BCUT2D eigenvalue weighted by atomic mass is 10.1. The van der Waals surface area contributed by atoms with Crippen molar-refractivity contribution in [1.82, 2.24) is 84.6 Å². The summed E-state index contributed by atoms with van der Waals surface area (Å²) in [4.78, 5) is 137. The lowest BCUT2D eigenvalue weighted by molar-refractivity contribution is 0.0624. The summed E-state index contributed by atoms with van der Waals surface area (Å²) in [5.41, 5.74) is 23.4. The van der Waals surface area contributed by atoms with Gasteiger partial charge in [-0.3, -0.25) is 64.4 Å². The van der Waals surface area contributed by atoms with Crippen molar-refractivity contribution in [3.8, 4) is 12.1 Å². The molecule has 0 bridgehead atoms. The number of aryl methyl sites for hydroxylation is 6. The molecule has 0 radical (unpaired) electrons. The Hall–Kier alpha value is -16.7. The minimum absolute atomic E-state index is 0.0286. The number of nitriles is 2. The van der Waals surface area contributed by atoms with Crippen LogP contribution in [0.3, 0.4) is 0 Å². The van der Waals surface area contributed by atoms with E-state index in [4.69, 9.17) is 93.3 Å². The van der Waals surface area contributed by atoms with E-state index in [9.17, 15) is 66.0 Å². The number of pyridine rings is 7. The molecule has 15 aromatic rings. The average molecular weight is 2080 g/mol. The summed E-state index contributed by atoms with van der Waals surface area (Å²) in [6.45, 7) is 27.7. The minimum atomic E-state index is -1.32. The molecule has 0 aliphatic rings. The molecule has 11 aromatic heterocycles. The number of benzene rings is 4. The van der Waals surface area contributed by atoms with E-state index < -0.39 is 93.9 Å². The molecule has 39 nitrogen and oxygen atoms in total. The number of nitrogens with zero attached hydrogens (tertiary/aromatic N) is 17. The van der Waals surface area contributed by atoms with Crippen LogP contribution in [0.2, 0.25) is 20.1 Å². The number of aromatic nitrogens is 15. The van der Waals surface area contributed by atoms with Crippen molar-refractivity contribution in [3.63, 3.8) is 0 Å². The third-order valence-electron chi connectivity index (χ3n) is 21.0. The van der Waals surface area contributed by atoms with E-state index in [1.54, 1.807) is 128 Å². The van der Waals surface area contributed by atoms with Crippen molar-refractivity contribution >= 4 is 161 Å². The molecule has 0 saturated carbocycles. The van der Waals surface area contributed by atoms with Gasteiger partial charge in [-0.15, -0.1) is 0 Å². The first kappa shape index (κ1) is 110. The predicted octanol–water partition coefficient (Wildman–Crippen LogP) is 17.5. The highest BCUT2D eigenvalue weighted by Gasteiger charge is 2.29. The number of carboxylic acids is 2. The monoisotopic (exact) mass is 2070 g/mol. The average Bonchev–Trinajstić information content (AvgIpc) is 1.61. The van der Waals surface area contributed by atoms with Crippen molar-refractivity contribution < 1.29 is 85.1 Å². The Morgan fingerprint density at radius 1 is 0.384 bits per heavy atom. The van der Waals surface area contributed by atoms with E-state index in [2.05, 4.69) is 81.9 Å². The van der Waals surface area contributed by atoms with Gasteiger partial charge in [-0.2, -0.15) is 30.9 Å². The van der Waals surface area contributed by atoms with Crippen molar-refractivity contribution in [3.05, 3.63) is 302 Å². The zero-order valence-corrected chi connectivity index (χ0v) is 83.9. The van der Waals surface area contributed by atoms with Crippen LogP contribution < -0.4 is 43.8 Å². The van der Waals surface area contributed by atoms with Crippen LogP contribution in [0.15, 0.2) is 141 Å². The summed E-state index contributed by atoms with van der Waals surface area (Å²) in [5, 5.41) is 69.8. The number of ether oxygens (including phenoxy) is 3. The zero-order chi connectivity index (χ0) is 107. The number of carbonyl (C=O) groups excluding carboxylic acids is 7. The van der Waals surface area contributed by atoms with Crippen LogP contribution >= 0.6 is 46.4 Å². The number of fused-ring (bicyclic) bond motifs is 4. The normalized spacial score (nSPS) is 11.1. The summed E-state index contributed by atoms with van der Waals surface area (Å²) in [7, 11) is 0. The molecule has 146 heavy (non-hydrogen) atoms. The van der Waals surface area contributed by atoms with E-state index in [1.807, 2.05) is 54.5 Å². The highest BCUT2D eigenvalue weighted by atomic mass is 35.5. The van der Waals surface area contributed by atoms with Crippen LogP contribution in [-0.4, -0.2) is 155 Å². The number of nitrogens with one attached hydrogen (secondary N) is 5. The van der Waals surface area contributed by atoms with Gasteiger partial charge in [0.15, 0.2) is 11.4 Å². The molecule has 15 rings (SSSR count). The smallest absolute Gasteiger partial charge is 0.413 e. The van der Waals surface area contributed by atoms with Crippen LogP contribution in [0.5, 0.6) is 0 Å². The number of halogens is 8. The van der Waals surface area contributed by atoms with Gasteiger partial charge < -0.3 is 52.3 Å². The van der Waals surface area contributed by atoms with Crippen LogP contribution in [0.1, 0.15) is 209 Å². The van der Waals surface area contributed by atoms with Crippen LogP contribution in [0, 0.1) is 87.5 Å². The fourth-order valence-electron chi connectivity index (χ4n) is 14.8. The molecule has 0 spiro atoms. The number of anilines is 3. The number of primary amides is 2. The second-order valence-electron chi connectivity index (χ2n) is 35.6. The van der Waals surface area contributed by atoms with Gasteiger partial charge in [0.05, 0.1) is 82.2 Å². The number of nitrogens with two attached hydrogens (primary N) is 3. The van der Waals surface area contributed by atoms with Gasteiger partial charge in [-0.1, -0.05) is 46.4 Å². The summed E-state index contributed by atoms with van der Waals surface area (Å²) in [5.74, 6) is -6.52. The highest BCUT2D eigenvalue weighted by Crippen LogP contribution is 2.31. The molecule has 756 valence electrons. The standard InChI is InChI=1S/C28H29ClFN7O4.C28H27ClFN7O3.C15H10ClFN4O3.C15H8ClFN4O2.C13H21N3O2/c1-14-6-22(36-27(40)41-28(3,4)5)35-15(2)19(14)11-33-26(39)20-12-34-37(24(20)25(31)38)13-16-7-17-9-18(29)10-32-23(17)21(30)8-16;1-15-6-24(36-27(39)40-28(3,4)5)35-16(2)20(15)12-33-26(38)21-13-34-37(23(21)10-31)14-17-7-18-9-19(29)11-32-25(18)22(30)8-17;16-9-3-8-1-7(2-11(17)12(8)19-4-9)6-21-13(14(18)22)10(5-20-21)15(23)24;16-10-3-9-1-8(2-12(17)14(9)19-5-10)7-21-13(4-18)11(6-20-21)15(22)23;1-8-6-11(15-9(2)10(8)7-14)16-12(17)18-13(3,4)5/h6-10,12H,11,13H2,1-5H3,(H2,31,38)(H,33,39)(H,35,36,40);6-9,11,13H,12,14H2,1-5H3,(H,33,38)(H,35,36,39);1-5H,6H2,(H2,18,22)(H,23,24);1-3,5-6H,7H2,(H,22,23);6H,7,14H2,1-5H3,(H,15,16,17). The number of hydrogen-bond donors (Lipinski definition) is 10. The van der Waals surface area contributed by atoms with Crippen LogP contribution in [0.4, 0.5) is 49.4 Å². The summed E-state index contributed by atoms with van der Waals surface area (Å²) < 4.78 is 78.1. The molecular formula is C99H95Cl4F4N25O14. The lowest BCUT2D eigenvalue weighted by Gasteiger charge is -2.20. The topological polar surface area (TPSA) is 569 Å². The maximum atomic E-state index is 14.6. The van der Waals surface area contributed by atoms with E-state index >= 15 is 0 Å². The minimum Gasteiger partial charge on any atom is -0.478 e. The number of carbonyl (C=O) groups is 9. The Morgan fingerprint density at radius 2 is 0.651 bits per heavy atom. The molecule has 0 fully saturated rings. The molecule has 0 aliphatic heterocycles. The van der Waals surface area contributed by atoms with Crippen LogP contribution in [0.25, 0.3) is 43.6 Å². The first-order valence-corrected chi connectivity index (χ1v) is 45.4. The second-order valence-corrected chi connectivity index (χ2v) is 37.4. The Bertz CT molecular complexity index is 7700. The number of rotatable bonds is 22. The van der Waals surface area contributed by atoms with Gasteiger partial charge in [0.2, 0.25) is 0 Å². The summed E-state index contributed by atoms with van der Waals surface area (Å²) in [6.07, 6.45) is 8.31. The quantitative estimate of drug-likeness (QED) is 0.0222. The number of amides is 7. The molecule has 47 heteroatoms. The van der Waals surface area contributed by atoms with Gasteiger partial charge in [-0.25, -0.2) is 65.8 Å². The second kappa shape index (κ2) is 46.5. The fraction of sp³-hybridized carbons (Fsp3) is 0.253. The van der Waals surface area contributed by atoms with Gasteiger partial charge in [0, 0.05) is 83.0 Å². The van der Waals surface area contributed by atoms with E-state index in [0.29, 0.717) is 99.3 Å². The first-order valence-electron chi connectivity index (χ1n) is 43.9. The Kier molecular flexibility index (Phi) is 35.0. The van der Waals surface area contributed by atoms with Crippen molar-refractivity contribution in [2.45, 2.75) is 166 Å². The van der Waals surface area contributed by atoms with Crippen LogP contribution in [-0.2, 0) is 60.0 Å². The third kappa shape index (κ3) is 28.6. The molecule has 11 heterocycles. The molecule has 7 amide bonds. The largest absolute Gasteiger partial charge is 0.478 e. The Balaban J connectivity index is 0.000000180. The Labute approximate surface area is 850 Å². The molecule has 4 aromatic carbocycles. The van der Waals surface area contributed by atoms with Gasteiger partial charge >= 0.3 is 30.2 Å². The van der Waals surface area contributed by atoms with Crippen molar-refractivity contribution in [1.29, 1.82) is 10.5 Å². The first-order chi connectivity index (χ1) is 68.6. The van der Waals surface area contributed by atoms with Crippen molar-refractivity contribution in [2.75, 3.05) is 16.0 Å². The predicted molar refractivity (Wildman–Crippen MR) is 533 cm³/mol. The molecule has 0 atom stereocenters. The SMILES string of the molecule is Cc1cc(NC(=O)OC(C)(C)C)nc(C)c1CN.Cc1cc(NC(=O)OC(C)(C)C)nc(C)c1CNC(=O)c1cnn(Cc2cc(F)c3ncc(Cl)cc3c2)c1C#N.Cc1cc(NC(=O)OC(C)(C)C)nc(C)c1CNC(=O)c1cnn(Cc2cc(F)c3ncc(Cl)cc3c2)c1C(N)=O.N#Cc1c(C(=O)O)cnn1Cc1cc(F)c2ncc(Cl)cc2c1.NC(=O)c1c(C(=O)O)cnn1Cc1cc(F)c2ncc(Cl)cc2c1. The van der Waals surface area contributed by atoms with Gasteiger partial charge in [0.1, 0.15) is 114 Å². The third-order valence-corrected chi connectivity index (χ3v) is 21.8. The van der Waals surface area contributed by atoms with E-state index in [-0.39, 0.29) is 106 Å². The molecular weight excluding hydrogens is 1980 g/mol. The maximum absolute atomic E-state index is 14.6. The summed E-state index contributed by atoms with van der Waals surface area (Å²) in [6, 6.07) is 27.0. The molecule has 0 unspecified atom stereocenters. The van der Waals surface area contributed by atoms with Gasteiger partial charge in [-0.05, 0) is 250 Å². The molecule has 13 N–H and O–H groups in total. The number of aromatic carboxylic acids is 2.